The molecule has 2 heterocycles. The van der Waals surface area contributed by atoms with E-state index in [-0.39, 0.29) is 6.10 Å². The summed E-state index contributed by atoms with van der Waals surface area (Å²) in [7, 11) is 0. The Labute approximate surface area is 155 Å². The number of aliphatic hydroxyl groups is 1. The Hall–Kier alpha value is -1.15. The minimum Gasteiger partial charge on any atom is -0.390 e. The fourth-order valence-electron chi connectivity index (χ4n) is 3.57. The molecule has 1 aliphatic rings. The molecule has 4 rings (SSSR count). The van der Waals surface area contributed by atoms with Crippen molar-refractivity contribution in [3.8, 4) is 0 Å². The summed E-state index contributed by atoms with van der Waals surface area (Å²) in [6, 6.07) is 15.0. The van der Waals surface area contributed by atoms with Crippen molar-refractivity contribution in [1.29, 1.82) is 0 Å². The van der Waals surface area contributed by atoms with Crippen molar-refractivity contribution >= 4 is 44.4 Å². The van der Waals surface area contributed by atoms with Gasteiger partial charge in [-0.05, 0) is 46.9 Å². The van der Waals surface area contributed by atoms with Crippen molar-refractivity contribution in [2.75, 3.05) is 32.8 Å². The van der Waals surface area contributed by atoms with Gasteiger partial charge in [-0.15, -0.1) is 0 Å². The van der Waals surface area contributed by atoms with Crippen molar-refractivity contribution in [3.05, 3.63) is 46.0 Å². The molecule has 1 fully saturated rings. The molecule has 126 valence electrons. The third-order valence-corrected chi connectivity index (χ3v) is 5.37. The van der Waals surface area contributed by atoms with E-state index in [1.165, 1.54) is 25.4 Å². The lowest BCUT2D eigenvalue weighted by Crippen LogP contribution is -2.42. The van der Waals surface area contributed by atoms with Gasteiger partial charge in [0.1, 0.15) is 0 Å². The molecular weight excluding hydrogens is 415 g/mol. The number of ether oxygens (including phenoxy) is 1. The monoisotopic (exact) mass is 436 g/mol. The first kappa shape index (κ1) is 16.3. The Morgan fingerprint density at radius 1 is 1.00 bits per heavy atom. The van der Waals surface area contributed by atoms with Gasteiger partial charge in [0, 0.05) is 45.0 Å². The lowest BCUT2D eigenvalue weighted by Gasteiger charge is -2.28. The van der Waals surface area contributed by atoms with Gasteiger partial charge in [-0.3, -0.25) is 4.90 Å². The Morgan fingerprint density at radius 3 is 2.58 bits per heavy atom. The number of aromatic nitrogens is 1. The lowest BCUT2D eigenvalue weighted by molar-refractivity contribution is 0.0119. The van der Waals surface area contributed by atoms with Crippen LogP contribution in [0.4, 0.5) is 0 Å². The maximum Gasteiger partial charge on any atom is 0.0846 e. The molecule has 4 nitrogen and oxygen atoms in total. The SMILES string of the molecule is O[C@H](CN1CCOCC1)Cn1c2ccccc2c2cc(I)ccc21. The van der Waals surface area contributed by atoms with Crippen LogP contribution in [0.3, 0.4) is 0 Å². The molecule has 0 unspecified atom stereocenters. The second-order valence-electron chi connectivity index (χ2n) is 6.36. The average molecular weight is 436 g/mol. The van der Waals surface area contributed by atoms with E-state index in [0.29, 0.717) is 13.1 Å². The zero-order valence-electron chi connectivity index (χ0n) is 13.5. The zero-order chi connectivity index (χ0) is 16.5. The molecule has 0 bridgehead atoms. The number of halogens is 1. The first-order valence-corrected chi connectivity index (χ1v) is 9.45. The number of nitrogens with zero attached hydrogens (tertiary/aromatic N) is 2. The molecule has 0 saturated carbocycles. The molecule has 1 aliphatic heterocycles. The predicted molar refractivity (Wildman–Crippen MR) is 105 cm³/mol. The van der Waals surface area contributed by atoms with Gasteiger partial charge < -0.3 is 14.4 Å². The van der Waals surface area contributed by atoms with E-state index in [1.807, 2.05) is 0 Å². The maximum absolute atomic E-state index is 10.6. The van der Waals surface area contributed by atoms with Crippen LogP contribution in [0.25, 0.3) is 21.8 Å². The molecule has 1 atom stereocenters. The number of β-amino-alcohol motifs (C(OH)–C–C–N with tert-alkyl or cyclic N) is 1. The number of hydrogen-bond donors (Lipinski definition) is 1. The van der Waals surface area contributed by atoms with Gasteiger partial charge in [0.25, 0.3) is 0 Å². The Balaban J connectivity index is 1.67. The molecule has 1 saturated heterocycles. The molecule has 0 spiro atoms. The molecule has 0 aliphatic carbocycles. The van der Waals surface area contributed by atoms with E-state index in [1.54, 1.807) is 0 Å². The smallest absolute Gasteiger partial charge is 0.0846 e. The van der Waals surface area contributed by atoms with Gasteiger partial charge >= 0.3 is 0 Å². The summed E-state index contributed by atoms with van der Waals surface area (Å²) in [5, 5.41) is 13.2. The van der Waals surface area contributed by atoms with Crippen LogP contribution in [0.1, 0.15) is 0 Å². The van der Waals surface area contributed by atoms with Crippen molar-refractivity contribution in [1.82, 2.24) is 9.47 Å². The number of rotatable bonds is 4. The van der Waals surface area contributed by atoms with E-state index in [0.717, 1.165) is 26.3 Å². The maximum atomic E-state index is 10.6. The predicted octanol–water partition coefficient (Wildman–Crippen LogP) is 3.09. The van der Waals surface area contributed by atoms with Gasteiger partial charge in [0.05, 0.1) is 25.9 Å². The van der Waals surface area contributed by atoms with E-state index in [4.69, 9.17) is 4.74 Å². The molecular formula is C19H21IN2O2. The fourth-order valence-corrected chi connectivity index (χ4v) is 4.06. The second kappa shape index (κ2) is 7.00. The van der Waals surface area contributed by atoms with Crippen LogP contribution in [-0.4, -0.2) is 53.5 Å². The van der Waals surface area contributed by atoms with E-state index < -0.39 is 0 Å². The quantitative estimate of drug-likeness (QED) is 0.639. The molecule has 2 aromatic carbocycles. The number of morpholine rings is 1. The van der Waals surface area contributed by atoms with Crippen LogP contribution in [0.2, 0.25) is 0 Å². The molecule has 0 radical (unpaired) electrons. The van der Waals surface area contributed by atoms with E-state index >= 15 is 0 Å². The number of fused-ring (bicyclic) bond motifs is 3. The first-order valence-electron chi connectivity index (χ1n) is 8.37. The topological polar surface area (TPSA) is 37.6 Å². The van der Waals surface area contributed by atoms with Crippen LogP contribution in [0.5, 0.6) is 0 Å². The van der Waals surface area contributed by atoms with Crippen LogP contribution in [0, 0.1) is 3.57 Å². The van der Waals surface area contributed by atoms with Crippen LogP contribution in [-0.2, 0) is 11.3 Å². The fraction of sp³-hybridized carbons (Fsp3) is 0.368. The summed E-state index contributed by atoms with van der Waals surface area (Å²) in [6.07, 6.45) is -0.388. The third-order valence-electron chi connectivity index (χ3n) is 4.70. The third kappa shape index (κ3) is 3.18. The highest BCUT2D eigenvalue weighted by atomic mass is 127. The van der Waals surface area contributed by atoms with E-state index in [9.17, 15) is 5.11 Å². The molecule has 24 heavy (non-hydrogen) atoms. The van der Waals surface area contributed by atoms with Crippen molar-refractivity contribution in [2.45, 2.75) is 12.6 Å². The van der Waals surface area contributed by atoms with Crippen LogP contribution < -0.4 is 0 Å². The van der Waals surface area contributed by atoms with Crippen LogP contribution >= 0.6 is 22.6 Å². The largest absolute Gasteiger partial charge is 0.390 e. The van der Waals surface area contributed by atoms with Gasteiger partial charge in [0.2, 0.25) is 0 Å². The lowest BCUT2D eigenvalue weighted by atomic mass is 10.2. The highest BCUT2D eigenvalue weighted by Gasteiger charge is 2.18. The summed E-state index contributed by atoms with van der Waals surface area (Å²) in [5.74, 6) is 0. The number of benzene rings is 2. The summed E-state index contributed by atoms with van der Waals surface area (Å²) in [4.78, 5) is 2.28. The van der Waals surface area contributed by atoms with Crippen molar-refractivity contribution < 1.29 is 9.84 Å². The number of para-hydroxylation sites is 1. The van der Waals surface area contributed by atoms with Gasteiger partial charge in [-0.25, -0.2) is 0 Å². The normalized spacial score (nSPS) is 17.6. The highest BCUT2D eigenvalue weighted by Crippen LogP contribution is 2.30. The summed E-state index contributed by atoms with van der Waals surface area (Å²) < 4.78 is 8.87. The molecule has 5 heteroatoms. The molecule has 1 aromatic heterocycles. The Morgan fingerprint density at radius 2 is 1.75 bits per heavy atom. The standard InChI is InChI=1S/C19H21IN2O2/c20-14-5-6-19-17(11-14)16-3-1-2-4-18(16)22(19)13-15(23)12-21-7-9-24-10-8-21/h1-6,11,15,23H,7-10,12-13H2/t15-/m1/s1. The Kier molecular flexibility index (Phi) is 4.76. The number of aliphatic hydroxyl groups excluding tert-OH is 1. The summed E-state index contributed by atoms with van der Waals surface area (Å²) in [6.45, 7) is 4.65. The van der Waals surface area contributed by atoms with Crippen molar-refractivity contribution in [2.24, 2.45) is 0 Å². The van der Waals surface area contributed by atoms with E-state index in [2.05, 4.69) is 74.5 Å². The zero-order valence-corrected chi connectivity index (χ0v) is 15.6. The summed E-state index contributed by atoms with van der Waals surface area (Å²) >= 11 is 2.35. The minimum absolute atomic E-state index is 0.388. The average Bonchev–Trinajstić information content (AvgIpc) is 2.89. The minimum atomic E-state index is -0.388. The van der Waals surface area contributed by atoms with Gasteiger partial charge in [0.15, 0.2) is 0 Å². The molecule has 3 aromatic rings. The first-order chi connectivity index (χ1) is 11.7. The second-order valence-corrected chi connectivity index (χ2v) is 7.60. The molecule has 1 N–H and O–H groups in total. The van der Waals surface area contributed by atoms with Crippen LogP contribution in [0.15, 0.2) is 42.5 Å². The number of hydrogen-bond acceptors (Lipinski definition) is 3. The van der Waals surface area contributed by atoms with Gasteiger partial charge in [-0.1, -0.05) is 18.2 Å². The molecule has 0 amide bonds. The van der Waals surface area contributed by atoms with Crippen molar-refractivity contribution in [3.63, 3.8) is 0 Å². The Bertz CT molecular complexity index is 855. The van der Waals surface area contributed by atoms with Gasteiger partial charge in [-0.2, -0.15) is 0 Å². The summed E-state index contributed by atoms with van der Waals surface area (Å²) in [5.41, 5.74) is 2.38. The highest BCUT2D eigenvalue weighted by molar-refractivity contribution is 14.1.